The van der Waals surface area contributed by atoms with E-state index >= 15 is 0 Å². The van der Waals surface area contributed by atoms with Gasteiger partial charge in [0.05, 0.1) is 5.92 Å². The maximum atomic E-state index is 12.5. The predicted octanol–water partition coefficient (Wildman–Crippen LogP) is 1.78. The van der Waals surface area contributed by atoms with Gasteiger partial charge in [0.25, 0.3) is 0 Å². The quantitative estimate of drug-likeness (QED) is 0.766. The fraction of sp³-hybridized carbons (Fsp3) is 0.889. The number of hydrogen-bond acceptors (Lipinski definition) is 2. The minimum absolute atomic E-state index is 0.0349. The molecule has 0 heterocycles. The first kappa shape index (κ1) is 12.3. The molecule has 6 heteroatoms. The number of carboxylic acids is 1. The third-order valence-corrected chi connectivity index (χ3v) is 2.94. The van der Waals surface area contributed by atoms with Crippen molar-refractivity contribution in [1.82, 2.24) is 5.32 Å². The SMILES string of the molecule is CC(NC1(C(F)(F)F)CC1)C(C)C(=O)O. The Morgan fingerprint density at radius 3 is 2.13 bits per heavy atom. The van der Waals surface area contributed by atoms with Crippen LogP contribution in [0.5, 0.6) is 0 Å². The molecule has 0 amide bonds. The summed E-state index contributed by atoms with van der Waals surface area (Å²) in [7, 11) is 0. The number of halogens is 3. The molecule has 0 aromatic carbocycles. The second-order valence-electron chi connectivity index (χ2n) is 4.14. The largest absolute Gasteiger partial charge is 0.481 e. The van der Waals surface area contributed by atoms with E-state index in [1.54, 1.807) is 0 Å². The van der Waals surface area contributed by atoms with Crippen LogP contribution < -0.4 is 5.32 Å². The van der Waals surface area contributed by atoms with Gasteiger partial charge in [0.2, 0.25) is 0 Å². The second-order valence-corrected chi connectivity index (χ2v) is 4.14. The molecule has 0 saturated heterocycles. The highest BCUT2D eigenvalue weighted by atomic mass is 19.4. The van der Waals surface area contributed by atoms with Crippen LogP contribution in [0.3, 0.4) is 0 Å². The summed E-state index contributed by atoms with van der Waals surface area (Å²) < 4.78 is 37.5. The lowest BCUT2D eigenvalue weighted by atomic mass is 10.0. The van der Waals surface area contributed by atoms with Gasteiger partial charge in [0.1, 0.15) is 5.54 Å². The molecule has 2 atom stereocenters. The summed E-state index contributed by atoms with van der Waals surface area (Å²) in [6.45, 7) is 2.86. The zero-order valence-corrected chi connectivity index (χ0v) is 8.56. The fourth-order valence-corrected chi connectivity index (χ4v) is 1.41. The van der Waals surface area contributed by atoms with Gasteiger partial charge in [-0.2, -0.15) is 13.2 Å². The summed E-state index contributed by atoms with van der Waals surface area (Å²) in [5, 5.41) is 11.0. The molecule has 0 aromatic heterocycles. The van der Waals surface area contributed by atoms with Gasteiger partial charge in [-0.3, -0.25) is 4.79 Å². The van der Waals surface area contributed by atoms with Crippen molar-refractivity contribution in [3.05, 3.63) is 0 Å². The Hall–Kier alpha value is -0.780. The molecule has 0 aliphatic heterocycles. The third-order valence-electron chi connectivity index (χ3n) is 2.94. The van der Waals surface area contributed by atoms with E-state index in [9.17, 15) is 18.0 Å². The minimum Gasteiger partial charge on any atom is -0.481 e. The maximum Gasteiger partial charge on any atom is 0.406 e. The van der Waals surface area contributed by atoms with Crippen molar-refractivity contribution in [2.24, 2.45) is 5.92 Å². The van der Waals surface area contributed by atoms with Gasteiger partial charge >= 0.3 is 12.1 Å². The number of hydrogen-bond donors (Lipinski definition) is 2. The molecule has 0 aromatic rings. The molecule has 1 rings (SSSR count). The summed E-state index contributed by atoms with van der Waals surface area (Å²) in [6, 6.07) is -0.688. The fourth-order valence-electron chi connectivity index (χ4n) is 1.41. The van der Waals surface area contributed by atoms with E-state index in [1.807, 2.05) is 0 Å². The lowest BCUT2D eigenvalue weighted by Crippen LogP contribution is -2.51. The minimum atomic E-state index is -4.29. The smallest absolute Gasteiger partial charge is 0.406 e. The Balaban J connectivity index is 2.59. The number of carbonyl (C=O) groups is 1. The van der Waals surface area contributed by atoms with Gasteiger partial charge in [0, 0.05) is 6.04 Å². The van der Waals surface area contributed by atoms with Crippen LogP contribution in [-0.2, 0) is 4.79 Å². The first-order valence-electron chi connectivity index (χ1n) is 4.77. The first-order chi connectivity index (χ1) is 6.69. The molecule has 0 bridgehead atoms. The molecule has 0 radical (unpaired) electrons. The van der Waals surface area contributed by atoms with E-state index in [0.717, 1.165) is 0 Å². The van der Waals surface area contributed by atoms with Crippen LogP contribution in [0.1, 0.15) is 26.7 Å². The summed E-state index contributed by atoms with van der Waals surface area (Å²) in [6.07, 6.45) is -4.22. The average Bonchev–Trinajstić information content (AvgIpc) is 2.82. The van der Waals surface area contributed by atoms with Crippen molar-refractivity contribution in [3.8, 4) is 0 Å². The van der Waals surface area contributed by atoms with E-state index < -0.39 is 29.6 Å². The monoisotopic (exact) mass is 225 g/mol. The van der Waals surface area contributed by atoms with Crippen molar-refractivity contribution in [3.63, 3.8) is 0 Å². The molecule has 15 heavy (non-hydrogen) atoms. The molecule has 1 aliphatic rings. The van der Waals surface area contributed by atoms with Gasteiger partial charge in [0.15, 0.2) is 0 Å². The highest BCUT2D eigenvalue weighted by molar-refractivity contribution is 5.70. The van der Waals surface area contributed by atoms with Crippen LogP contribution in [0.15, 0.2) is 0 Å². The van der Waals surface area contributed by atoms with Crippen molar-refractivity contribution >= 4 is 5.97 Å². The Kier molecular flexibility index (Phi) is 3.00. The van der Waals surface area contributed by atoms with E-state index in [0.29, 0.717) is 0 Å². The van der Waals surface area contributed by atoms with E-state index in [4.69, 9.17) is 5.11 Å². The van der Waals surface area contributed by atoms with Gasteiger partial charge < -0.3 is 10.4 Å². The maximum absolute atomic E-state index is 12.5. The van der Waals surface area contributed by atoms with Crippen molar-refractivity contribution < 1.29 is 23.1 Å². The van der Waals surface area contributed by atoms with Crippen LogP contribution >= 0.6 is 0 Å². The number of rotatable bonds is 4. The highest BCUT2D eigenvalue weighted by Crippen LogP contribution is 2.49. The second kappa shape index (κ2) is 3.66. The van der Waals surface area contributed by atoms with Crippen molar-refractivity contribution in [2.45, 2.75) is 44.4 Å². The van der Waals surface area contributed by atoms with Crippen molar-refractivity contribution in [1.29, 1.82) is 0 Å². The number of carboxylic acid groups (broad SMARTS) is 1. The average molecular weight is 225 g/mol. The van der Waals surface area contributed by atoms with E-state index in [1.165, 1.54) is 13.8 Å². The number of nitrogens with one attached hydrogen (secondary N) is 1. The summed E-state index contributed by atoms with van der Waals surface area (Å²) in [5.74, 6) is -1.92. The lowest BCUT2D eigenvalue weighted by Gasteiger charge is -2.27. The molecule has 2 unspecified atom stereocenters. The van der Waals surface area contributed by atoms with Gasteiger partial charge in [-0.05, 0) is 19.8 Å². The highest BCUT2D eigenvalue weighted by Gasteiger charge is 2.63. The molecule has 1 aliphatic carbocycles. The van der Waals surface area contributed by atoms with Crippen LogP contribution in [0.25, 0.3) is 0 Å². The molecule has 2 N–H and O–H groups in total. The van der Waals surface area contributed by atoms with Gasteiger partial charge in [-0.1, -0.05) is 6.92 Å². The molecule has 88 valence electrons. The Morgan fingerprint density at radius 2 is 1.87 bits per heavy atom. The Labute approximate surface area is 85.7 Å². The van der Waals surface area contributed by atoms with E-state index in [2.05, 4.69) is 5.32 Å². The summed E-state index contributed by atoms with van der Waals surface area (Å²) in [5.41, 5.74) is -1.84. The zero-order chi connectivity index (χ0) is 11.9. The first-order valence-corrected chi connectivity index (χ1v) is 4.77. The molecular weight excluding hydrogens is 211 g/mol. The molecule has 3 nitrogen and oxygen atoms in total. The molecule has 1 fully saturated rings. The van der Waals surface area contributed by atoms with Crippen LogP contribution in [-0.4, -0.2) is 28.8 Å². The molecular formula is C9H14F3NO2. The summed E-state index contributed by atoms with van der Waals surface area (Å²) >= 11 is 0. The van der Waals surface area contributed by atoms with Gasteiger partial charge in [-0.15, -0.1) is 0 Å². The topological polar surface area (TPSA) is 49.3 Å². The molecule has 0 spiro atoms. The normalized spacial score (nSPS) is 23.3. The van der Waals surface area contributed by atoms with Gasteiger partial charge in [-0.25, -0.2) is 0 Å². The lowest BCUT2D eigenvalue weighted by molar-refractivity contribution is -0.170. The van der Waals surface area contributed by atoms with Crippen LogP contribution in [0.2, 0.25) is 0 Å². The Morgan fingerprint density at radius 1 is 1.40 bits per heavy atom. The van der Waals surface area contributed by atoms with Crippen LogP contribution in [0, 0.1) is 5.92 Å². The number of aliphatic carboxylic acids is 1. The predicted molar refractivity (Wildman–Crippen MR) is 47.4 cm³/mol. The summed E-state index contributed by atoms with van der Waals surface area (Å²) in [4.78, 5) is 10.6. The van der Waals surface area contributed by atoms with Crippen LogP contribution in [0.4, 0.5) is 13.2 Å². The standard InChI is InChI=1S/C9H14F3NO2/c1-5(7(14)15)6(2)13-8(3-4-8)9(10,11)12/h5-6,13H,3-4H2,1-2H3,(H,14,15). The third kappa shape index (κ3) is 2.42. The Bertz CT molecular complexity index is 261. The number of alkyl halides is 3. The van der Waals surface area contributed by atoms with E-state index in [-0.39, 0.29) is 12.8 Å². The zero-order valence-electron chi connectivity index (χ0n) is 8.56. The molecule has 1 saturated carbocycles. The van der Waals surface area contributed by atoms with Crippen molar-refractivity contribution in [2.75, 3.05) is 0 Å².